The molecule has 2 saturated heterocycles. The minimum atomic E-state index is -4.96. The van der Waals surface area contributed by atoms with Gasteiger partial charge >= 0.3 is 16.4 Å². The van der Waals surface area contributed by atoms with Crippen molar-refractivity contribution in [3.8, 4) is 5.75 Å². The van der Waals surface area contributed by atoms with Crippen molar-refractivity contribution in [1.29, 1.82) is 0 Å². The lowest BCUT2D eigenvalue weighted by atomic mass is 9.83. The normalized spacial score (nSPS) is 20.6. The van der Waals surface area contributed by atoms with Crippen LogP contribution in [0.5, 0.6) is 5.75 Å². The first-order valence-corrected chi connectivity index (χ1v) is 16.3. The van der Waals surface area contributed by atoms with E-state index in [4.69, 9.17) is 25.6 Å². The molecule has 2 fully saturated rings. The van der Waals surface area contributed by atoms with E-state index in [1.54, 1.807) is 24.3 Å². The molecule has 0 bridgehead atoms. The highest BCUT2D eigenvalue weighted by Gasteiger charge is 2.58. The largest absolute Gasteiger partial charge is 0.489 e. The van der Waals surface area contributed by atoms with E-state index in [-0.39, 0.29) is 16.6 Å². The highest BCUT2D eigenvalue weighted by atomic mass is 32.3. The fourth-order valence-electron chi connectivity index (χ4n) is 4.79. The number of amides is 1. The van der Waals surface area contributed by atoms with Gasteiger partial charge in [0, 0.05) is 48.1 Å². The highest BCUT2D eigenvalue weighted by molar-refractivity contribution is 7.80. The van der Waals surface area contributed by atoms with E-state index in [0.29, 0.717) is 33.4 Å². The van der Waals surface area contributed by atoms with Crippen LogP contribution in [0.3, 0.4) is 0 Å². The van der Waals surface area contributed by atoms with Gasteiger partial charge in [-0.05, 0) is 32.0 Å². The van der Waals surface area contributed by atoms with Crippen LogP contribution in [0.1, 0.15) is 19.5 Å². The standard InChI is InChI=1S/C26H33N9O10S2/c1-26(2)21(23(37)35(26)45-47(40,41)42)33-22(36)20(17-11-46-25(28)32-17)34-44-18(24(38)39)10-43-13-3-4-16-14(5-13)15(27)6-19(31-16)30-9-12-7-29-8-12/h3-6,11-12,18,21,23,29,37H,7-10H2,1-2H3,(H2,28,32)(H,33,36)(H,38,39)(H3,27,30,31)(H,40,41,42)/b34-20-/t18?,21-,23?/m1/s1. The van der Waals surface area contributed by atoms with E-state index in [0.717, 1.165) is 31.0 Å². The van der Waals surface area contributed by atoms with E-state index < -0.39 is 58.5 Å². The summed E-state index contributed by atoms with van der Waals surface area (Å²) in [5.41, 5.74) is 11.1. The fraction of sp³-hybridized carbons (Fsp3) is 0.423. The summed E-state index contributed by atoms with van der Waals surface area (Å²) in [6, 6.07) is 5.44. The number of nitrogens with one attached hydrogen (secondary N) is 3. The maximum atomic E-state index is 13.3. The van der Waals surface area contributed by atoms with Crippen LogP contribution >= 0.6 is 11.3 Å². The molecule has 2 unspecified atom stereocenters. The number of oxime groups is 1. The SMILES string of the molecule is CC1(C)[C@H](NC(=O)/C(=N\OC(COc2ccc3nc(NCC4CNC4)cc(N)c3c2)C(=O)O)c2csc(N)n2)C(O)N1OS(=O)(=O)O. The van der Waals surface area contributed by atoms with Crippen LogP contribution in [0, 0.1) is 5.92 Å². The average Bonchev–Trinajstić information content (AvgIpc) is 3.40. The minimum Gasteiger partial charge on any atom is -0.489 e. The third-order valence-corrected chi connectivity index (χ3v) is 8.53. The van der Waals surface area contributed by atoms with Crippen LogP contribution in [0.15, 0.2) is 34.8 Å². The van der Waals surface area contributed by atoms with Gasteiger partial charge in [0.2, 0.25) is 0 Å². The van der Waals surface area contributed by atoms with Gasteiger partial charge in [-0.1, -0.05) is 5.16 Å². The number of aliphatic hydroxyl groups excluding tert-OH is 1. The lowest BCUT2D eigenvalue weighted by Crippen LogP contribution is -2.79. The van der Waals surface area contributed by atoms with Crippen molar-refractivity contribution in [3.63, 3.8) is 0 Å². The van der Waals surface area contributed by atoms with Crippen LogP contribution in [-0.4, -0.2) is 106 Å². The molecular weight excluding hydrogens is 662 g/mol. The molecule has 0 saturated carbocycles. The topological polar surface area (TPSA) is 286 Å². The lowest BCUT2D eigenvalue weighted by molar-refractivity contribution is -0.317. The maximum Gasteiger partial charge on any atom is 0.413 e. The van der Waals surface area contributed by atoms with E-state index in [2.05, 4.69) is 35.4 Å². The summed E-state index contributed by atoms with van der Waals surface area (Å²) >= 11 is 0.970. The number of aliphatic carboxylic acids is 1. The zero-order valence-corrected chi connectivity index (χ0v) is 26.6. The second-order valence-corrected chi connectivity index (χ2v) is 13.2. The number of nitrogen functional groups attached to an aromatic ring is 2. The molecule has 0 radical (unpaired) electrons. The molecule has 0 spiro atoms. The Morgan fingerprint density at radius 3 is 2.60 bits per heavy atom. The minimum absolute atomic E-state index is 0.0663. The predicted octanol–water partition coefficient (Wildman–Crippen LogP) is -0.628. The molecule has 19 nitrogen and oxygen atoms in total. The van der Waals surface area contributed by atoms with Crippen LogP contribution in [0.2, 0.25) is 0 Å². The summed E-state index contributed by atoms with van der Waals surface area (Å²) in [4.78, 5) is 39.1. The van der Waals surface area contributed by atoms with Crippen molar-refractivity contribution >= 4 is 66.9 Å². The average molecular weight is 696 g/mol. The van der Waals surface area contributed by atoms with E-state index in [1.165, 1.54) is 19.2 Å². The molecule has 4 heterocycles. The summed E-state index contributed by atoms with van der Waals surface area (Å²) in [6.45, 7) is 4.95. The monoisotopic (exact) mass is 695 g/mol. The molecule has 2 aliphatic heterocycles. The molecule has 1 aromatic carbocycles. The Balaban J connectivity index is 1.27. The molecule has 2 aromatic heterocycles. The number of aromatic nitrogens is 2. The third-order valence-electron chi connectivity index (χ3n) is 7.51. The Morgan fingerprint density at radius 1 is 1.26 bits per heavy atom. The Kier molecular flexibility index (Phi) is 9.68. The molecule has 1 amide bonds. The summed E-state index contributed by atoms with van der Waals surface area (Å²) < 4.78 is 41.3. The number of hydrogen-bond donors (Lipinski definition) is 8. The molecule has 10 N–H and O–H groups in total. The number of carbonyl (C=O) groups excluding carboxylic acids is 1. The molecule has 3 atom stereocenters. The van der Waals surface area contributed by atoms with Crippen LogP contribution in [0.4, 0.5) is 16.6 Å². The Labute approximate surface area is 271 Å². The molecule has 254 valence electrons. The summed E-state index contributed by atoms with van der Waals surface area (Å²) in [5.74, 6) is -1.01. The van der Waals surface area contributed by atoms with Crippen molar-refractivity contribution in [2.75, 3.05) is 43.0 Å². The quantitative estimate of drug-likeness (QED) is 0.0592. The number of carboxylic acids is 1. The van der Waals surface area contributed by atoms with Gasteiger partial charge in [-0.2, -0.15) is 12.7 Å². The highest BCUT2D eigenvalue weighted by Crippen LogP contribution is 2.36. The Hall–Kier alpha value is -4.38. The number of nitrogens with zero attached hydrogens (tertiary/aromatic N) is 4. The molecule has 3 aromatic rings. The molecule has 47 heavy (non-hydrogen) atoms. The number of pyridine rings is 1. The number of anilines is 3. The van der Waals surface area contributed by atoms with Crippen LogP contribution < -0.4 is 32.2 Å². The summed E-state index contributed by atoms with van der Waals surface area (Å²) in [6.07, 6.45) is -3.39. The van der Waals surface area contributed by atoms with Crippen molar-refractivity contribution in [3.05, 3.63) is 35.3 Å². The first kappa shape index (κ1) is 34.0. The Bertz CT molecular complexity index is 1800. The van der Waals surface area contributed by atoms with Gasteiger partial charge in [-0.25, -0.2) is 14.8 Å². The van der Waals surface area contributed by atoms with Crippen molar-refractivity contribution in [1.82, 2.24) is 25.7 Å². The van der Waals surface area contributed by atoms with E-state index in [9.17, 15) is 28.2 Å². The lowest BCUT2D eigenvalue weighted by Gasteiger charge is -2.55. The van der Waals surface area contributed by atoms with Gasteiger partial charge in [0.05, 0.1) is 17.1 Å². The van der Waals surface area contributed by atoms with Gasteiger partial charge in [-0.3, -0.25) is 9.35 Å². The number of hydroxylamine groups is 2. The number of carbonyl (C=O) groups is 2. The zero-order valence-electron chi connectivity index (χ0n) is 25.0. The number of carboxylic acid groups (broad SMARTS) is 1. The number of benzene rings is 1. The van der Waals surface area contributed by atoms with Gasteiger partial charge in [-0.15, -0.1) is 16.4 Å². The van der Waals surface area contributed by atoms with Gasteiger partial charge in [0.15, 0.2) is 17.1 Å². The molecular formula is C26H33N9O10S2. The van der Waals surface area contributed by atoms with E-state index >= 15 is 0 Å². The number of aliphatic hydroxyl groups is 1. The van der Waals surface area contributed by atoms with Gasteiger partial charge in [0.1, 0.15) is 23.9 Å². The third kappa shape index (κ3) is 7.78. The summed E-state index contributed by atoms with van der Waals surface area (Å²) in [7, 11) is -4.96. The van der Waals surface area contributed by atoms with Crippen molar-refractivity contribution in [2.24, 2.45) is 11.1 Å². The van der Waals surface area contributed by atoms with Crippen LogP contribution in [-0.2, 0) is 29.1 Å². The fourth-order valence-corrected chi connectivity index (χ4v) is 5.82. The second-order valence-electron chi connectivity index (χ2n) is 11.3. The molecule has 2 aliphatic rings. The molecule has 21 heteroatoms. The first-order chi connectivity index (χ1) is 22.1. The van der Waals surface area contributed by atoms with E-state index in [1.807, 2.05) is 0 Å². The maximum absolute atomic E-state index is 13.3. The zero-order chi connectivity index (χ0) is 34.1. The Morgan fingerprint density at radius 2 is 2.00 bits per heavy atom. The summed E-state index contributed by atoms with van der Waals surface area (Å²) in [5, 5.41) is 35.5. The van der Waals surface area contributed by atoms with Gasteiger partial charge < -0.3 is 47.2 Å². The van der Waals surface area contributed by atoms with Crippen molar-refractivity contribution < 1.29 is 46.6 Å². The predicted molar refractivity (Wildman–Crippen MR) is 169 cm³/mol. The number of ether oxygens (including phenoxy) is 1. The van der Waals surface area contributed by atoms with Gasteiger partial charge in [0.25, 0.3) is 12.0 Å². The second kappa shape index (κ2) is 13.4. The smallest absolute Gasteiger partial charge is 0.413 e. The number of rotatable bonds is 14. The number of fused-ring (bicyclic) bond motifs is 1. The van der Waals surface area contributed by atoms with Crippen LogP contribution in [0.25, 0.3) is 10.9 Å². The van der Waals surface area contributed by atoms with Crippen molar-refractivity contribution in [2.45, 2.75) is 37.8 Å². The number of hydrogen-bond acceptors (Lipinski definition) is 17. The first-order valence-electron chi connectivity index (χ1n) is 14.0. The molecule has 0 aliphatic carbocycles. The molecule has 5 rings (SSSR count). The number of nitrogens with two attached hydrogens (primary N) is 2. The number of thiazole rings is 1.